The number of hydrogen-bond donors (Lipinski definition) is 1. The smallest absolute Gasteiger partial charge is 0.321 e. The van der Waals surface area contributed by atoms with E-state index in [0.29, 0.717) is 30.6 Å². The third-order valence-corrected chi connectivity index (χ3v) is 7.97. The topological polar surface area (TPSA) is 123 Å². The van der Waals surface area contributed by atoms with E-state index in [1.807, 2.05) is 13.8 Å². The lowest BCUT2D eigenvalue weighted by atomic mass is 9.94. The summed E-state index contributed by atoms with van der Waals surface area (Å²) < 4.78 is 29.8. The number of anilines is 1. The first kappa shape index (κ1) is 23.8. The number of nitrogens with zero attached hydrogens (tertiary/aromatic N) is 4. The number of sulfonamides is 1. The first-order valence-corrected chi connectivity index (χ1v) is 12.4. The van der Waals surface area contributed by atoms with Gasteiger partial charge in [0.25, 0.3) is 11.5 Å². The Morgan fingerprint density at radius 2 is 1.59 bits per heavy atom. The predicted octanol–water partition coefficient (Wildman–Crippen LogP) is 1.55. The van der Waals surface area contributed by atoms with Gasteiger partial charge >= 0.3 is 5.69 Å². The SMILES string of the molecule is CC1CC(C)CN(S(=O)(=O)c2ccc(NC(=O)c3ccc4c(=O)n(C)c(=O)n(C)c4n3)cc2)C1. The van der Waals surface area contributed by atoms with E-state index in [-0.39, 0.29) is 21.6 Å². The van der Waals surface area contributed by atoms with Crippen molar-refractivity contribution in [2.75, 3.05) is 18.4 Å². The Kier molecular flexibility index (Phi) is 6.17. The number of aromatic nitrogens is 3. The molecule has 1 aromatic carbocycles. The minimum atomic E-state index is -3.62. The van der Waals surface area contributed by atoms with Crippen molar-refractivity contribution >= 4 is 32.7 Å². The fourth-order valence-corrected chi connectivity index (χ4v) is 6.12. The molecular formula is C23H27N5O5S. The van der Waals surface area contributed by atoms with Crippen LogP contribution in [0, 0.1) is 11.8 Å². The molecule has 0 spiro atoms. The number of benzene rings is 1. The summed E-state index contributed by atoms with van der Waals surface area (Å²) in [6.07, 6.45) is 1.00. The van der Waals surface area contributed by atoms with Gasteiger partial charge in [-0.3, -0.25) is 18.7 Å². The standard InChI is InChI=1S/C23H27N5O5S/c1-14-11-15(2)13-28(12-14)34(32,33)17-7-5-16(6-8-17)24-21(29)19-10-9-18-20(25-19)26(3)23(31)27(4)22(18)30/h5-10,14-15H,11-13H2,1-4H3,(H,24,29). The summed E-state index contributed by atoms with van der Waals surface area (Å²) in [5, 5.41) is 2.89. The van der Waals surface area contributed by atoms with Gasteiger partial charge in [0.05, 0.1) is 10.3 Å². The molecule has 1 N–H and O–H groups in total. The van der Waals surface area contributed by atoms with Crippen LogP contribution in [0.15, 0.2) is 50.9 Å². The van der Waals surface area contributed by atoms with Crippen molar-refractivity contribution in [3.05, 3.63) is 62.9 Å². The minimum Gasteiger partial charge on any atom is -0.321 e. The highest BCUT2D eigenvalue weighted by atomic mass is 32.2. The number of rotatable bonds is 4. The van der Waals surface area contributed by atoms with Crippen molar-refractivity contribution in [1.29, 1.82) is 0 Å². The van der Waals surface area contributed by atoms with E-state index >= 15 is 0 Å². The van der Waals surface area contributed by atoms with Crippen LogP contribution in [0.5, 0.6) is 0 Å². The predicted molar refractivity (Wildman–Crippen MR) is 128 cm³/mol. The lowest BCUT2D eigenvalue weighted by Crippen LogP contribution is -2.42. The largest absolute Gasteiger partial charge is 0.332 e. The van der Waals surface area contributed by atoms with Crippen LogP contribution in [-0.2, 0) is 24.1 Å². The van der Waals surface area contributed by atoms with Crippen molar-refractivity contribution < 1.29 is 13.2 Å². The first-order valence-electron chi connectivity index (χ1n) is 11.0. The van der Waals surface area contributed by atoms with E-state index < -0.39 is 27.2 Å². The van der Waals surface area contributed by atoms with E-state index in [1.54, 1.807) is 0 Å². The van der Waals surface area contributed by atoms with Crippen LogP contribution in [0.3, 0.4) is 0 Å². The summed E-state index contributed by atoms with van der Waals surface area (Å²) in [6.45, 7) is 5.08. The molecule has 0 aliphatic carbocycles. The summed E-state index contributed by atoms with van der Waals surface area (Å²) in [5.74, 6) is 0.0433. The maximum absolute atomic E-state index is 13.0. The molecule has 1 aliphatic heterocycles. The monoisotopic (exact) mass is 485 g/mol. The average molecular weight is 486 g/mol. The molecule has 3 aromatic rings. The number of piperidine rings is 1. The van der Waals surface area contributed by atoms with E-state index in [0.717, 1.165) is 11.0 Å². The van der Waals surface area contributed by atoms with Crippen LogP contribution < -0.4 is 16.6 Å². The number of amides is 1. The first-order chi connectivity index (χ1) is 16.0. The molecule has 1 aliphatic rings. The maximum atomic E-state index is 13.0. The molecule has 2 unspecified atom stereocenters. The minimum absolute atomic E-state index is 0.0174. The lowest BCUT2D eigenvalue weighted by molar-refractivity contribution is 0.102. The zero-order valence-electron chi connectivity index (χ0n) is 19.5. The van der Waals surface area contributed by atoms with Gasteiger partial charge < -0.3 is 5.32 Å². The number of pyridine rings is 1. The maximum Gasteiger partial charge on any atom is 0.332 e. The highest BCUT2D eigenvalue weighted by molar-refractivity contribution is 7.89. The van der Waals surface area contributed by atoms with Gasteiger partial charge in [0.15, 0.2) is 0 Å². The third kappa shape index (κ3) is 4.28. The van der Waals surface area contributed by atoms with Crippen LogP contribution in [-0.4, -0.2) is 45.8 Å². The van der Waals surface area contributed by atoms with Gasteiger partial charge in [-0.2, -0.15) is 4.31 Å². The zero-order valence-corrected chi connectivity index (χ0v) is 20.3. The summed E-state index contributed by atoms with van der Waals surface area (Å²) in [6, 6.07) is 8.84. The second kappa shape index (κ2) is 8.80. The van der Waals surface area contributed by atoms with E-state index in [9.17, 15) is 22.8 Å². The van der Waals surface area contributed by atoms with Crippen molar-refractivity contribution in [1.82, 2.24) is 18.4 Å². The van der Waals surface area contributed by atoms with Gasteiger partial charge in [0.1, 0.15) is 11.3 Å². The molecule has 2 atom stereocenters. The molecule has 34 heavy (non-hydrogen) atoms. The van der Waals surface area contributed by atoms with Gasteiger partial charge in [-0.05, 0) is 54.7 Å². The number of aryl methyl sites for hydroxylation is 1. The van der Waals surface area contributed by atoms with Gasteiger partial charge in [0.2, 0.25) is 10.0 Å². The molecule has 3 heterocycles. The Bertz CT molecular complexity index is 1480. The Morgan fingerprint density at radius 1 is 0.971 bits per heavy atom. The van der Waals surface area contributed by atoms with Crippen molar-refractivity contribution in [2.45, 2.75) is 25.2 Å². The Hall–Kier alpha value is -3.31. The van der Waals surface area contributed by atoms with E-state index in [1.165, 1.54) is 59.4 Å². The van der Waals surface area contributed by atoms with E-state index in [2.05, 4.69) is 10.3 Å². The quantitative estimate of drug-likeness (QED) is 0.598. The Labute approximate surface area is 196 Å². The van der Waals surface area contributed by atoms with Crippen LogP contribution in [0.1, 0.15) is 30.8 Å². The Morgan fingerprint density at radius 3 is 2.21 bits per heavy atom. The number of carbonyl (C=O) groups is 1. The summed E-state index contributed by atoms with van der Waals surface area (Å²) in [7, 11) is -0.772. The third-order valence-electron chi connectivity index (χ3n) is 6.12. The number of nitrogens with one attached hydrogen (secondary N) is 1. The van der Waals surface area contributed by atoms with Crippen LogP contribution >= 0.6 is 0 Å². The molecule has 180 valence electrons. The fraction of sp³-hybridized carbons (Fsp3) is 0.391. The van der Waals surface area contributed by atoms with Crippen molar-refractivity contribution in [3.8, 4) is 0 Å². The molecule has 0 bridgehead atoms. The van der Waals surface area contributed by atoms with Gasteiger partial charge in [-0.25, -0.2) is 18.2 Å². The molecule has 2 aromatic heterocycles. The second-order valence-corrected chi connectivity index (χ2v) is 11.0. The van der Waals surface area contributed by atoms with Crippen molar-refractivity contribution in [3.63, 3.8) is 0 Å². The van der Waals surface area contributed by atoms with E-state index in [4.69, 9.17) is 0 Å². The van der Waals surface area contributed by atoms with Gasteiger partial charge in [0, 0.05) is 32.9 Å². The molecule has 1 fully saturated rings. The summed E-state index contributed by atoms with van der Waals surface area (Å²) in [4.78, 5) is 41.6. The highest BCUT2D eigenvalue weighted by Gasteiger charge is 2.31. The second-order valence-electron chi connectivity index (χ2n) is 9.02. The van der Waals surface area contributed by atoms with Crippen molar-refractivity contribution in [2.24, 2.45) is 25.9 Å². The summed E-state index contributed by atoms with van der Waals surface area (Å²) in [5.41, 5.74) is -0.524. The number of fused-ring (bicyclic) bond motifs is 1. The normalized spacial score (nSPS) is 19.3. The van der Waals surface area contributed by atoms with Crippen LogP contribution in [0.25, 0.3) is 11.0 Å². The fourth-order valence-electron chi connectivity index (χ4n) is 4.44. The highest BCUT2D eigenvalue weighted by Crippen LogP contribution is 2.27. The van der Waals surface area contributed by atoms with Gasteiger partial charge in [-0.1, -0.05) is 13.8 Å². The van der Waals surface area contributed by atoms with Gasteiger partial charge in [-0.15, -0.1) is 0 Å². The molecule has 4 rings (SSSR count). The zero-order chi connectivity index (χ0) is 24.8. The average Bonchev–Trinajstić information content (AvgIpc) is 2.80. The molecule has 1 amide bonds. The number of carbonyl (C=O) groups excluding carboxylic acids is 1. The summed E-state index contributed by atoms with van der Waals surface area (Å²) >= 11 is 0. The molecule has 0 radical (unpaired) electrons. The number of hydrogen-bond acceptors (Lipinski definition) is 6. The molecule has 11 heteroatoms. The Balaban J connectivity index is 1.56. The molecule has 10 nitrogen and oxygen atoms in total. The van der Waals surface area contributed by atoms with Crippen LogP contribution in [0.4, 0.5) is 5.69 Å². The molecule has 1 saturated heterocycles. The molecular weight excluding hydrogens is 458 g/mol. The lowest BCUT2D eigenvalue weighted by Gasteiger charge is -2.34. The van der Waals surface area contributed by atoms with Crippen LogP contribution in [0.2, 0.25) is 0 Å². The molecule has 0 saturated carbocycles.